The van der Waals surface area contributed by atoms with E-state index in [0.29, 0.717) is 29.0 Å². The van der Waals surface area contributed by atoms with Crippen LogP contribution in [0.5, 0.6) is 0 Å². The second kappa shape index (κ2) is 7.78. The summed E-state index contributed by atoms with van der Waals surface area (Å²) in [6.07, 6.45) is 3.59. The summed E-state index contributed by atoms with van der Waals surface area (Å²) in [4.78, 5) is 23.4. The number of fused-ring (bicyclic) bond motifs is 1. The smallest absolute Gasteiger partial charge is 0.294 e. The van der Waals surface area contributed by atoms with Crippen molar-refractivity contribution in [1.29, 1.82) is 0 Å². The average Bonchev–Trinajstić information content (AvgIpc) is 3.08. The predicted octanol–water partition coefficient (Wildman–Crippen LogP) is 0.804. The Balaban J connectivity index is 1.82. The number of piperazine rings is 1. The number of imidazole rings is 1. The van der Waals surface area contributed by atoms with Crippen LogP contribution in [-0.4, -0.2) is 50.5 Å². The summed E-state index contributed by atoms with van der Waals surface area (Å²) < 4.78 is 16.3. The van der Waals surface area contributed by atoms with E-state index in [1.807, 2.05) is 6.92 Å². The minimum atomic E-state index is -0.591. The SMILES string of the molecule is CCC#Cn1c(N2CCNCC2)nc2cnn(Cc3ccnc(F)c3)c(=O)c21. The zero-order valence-electron chi connectivity index (χ0n) is 15.5. The van der Waals surface area contributed by atoms with Crippen LogP contribution in [0.2, 0.25) is 0 Å². The summed E-state index contributed by atoms with van der Waals surface area (Å²) in [5, 5.41) is 7.52. The molecule has 8 nitrogen and oxygen atoms in total. The van der Waals surface area contributed by atoms with Gasteiger partial charge in [0, 0.05) is 44.8 Å². The number of rotatable bonds is 3. The van der Waals surface area contributed by atoms with E-state index < -0.39 is 5.95 Å². The molecular weight excluding hydrogens is 361 g/mol. The van der Waals surface area contributed by atoms with Gasteiger partial charge in [-0.2, -0.15) is 9.49 Å². The Morgan fingerprint density at radius 1 is 1.32 bits per heavy atom. The van der Waals surface area contributed by atoms with Gasteiger partial charge in [-0.3, -0.25) is 4.79 Å². The van der Waals surface area contributed by atoms with E-state index in [-0.39, 0.29) is 12.1 Å². The van der Waals surface area contributed by atoms with Crippen LogP contribution in [0.4, 0.5) is 10.3 Å². The number of pyridine rings is 1. The Hall–Kier alpha value is -3.25. The molecule has 1 N–H and O–H groups in total. The van der Waals surface area contributed by atoms with Crippen LogP contribution in [0.25, 0.3) is 11.0 Å². The van der Waals surface area contributed by atoms with Crippen molar-refractivity contribution in [1.82, 2.24) is 29.6 Å². The Bertz CT molecular complexity index is 1120. The van der Waals surface area contributed by atoms with Crippen molar-refractivity contribution < 1.29 is 4.39 Å². The molecule has 3 aromatic heterocycles. The van der Waals surface area contributed by atoms with E-state index in [1.165, 1.54) is 16.9 Å². The molecule has 28 heavy (non-hydrogen) atoms. The van der Waals surface area contributed by atoms with Crippen molar-refractivity contribution in [3.05, 3.63) is 46.4 Å². The summed E-state index contributed by atoms with van der Waals surface area (Å²) in [5.74, 6) is 3.10. The third kappa shape index (κ3) is 3.46. The summed E-state index contributed by atoms with van der Waals surface area (Å²) >= 11 is 0. The molecule has 1 saturated heterocycles. The maximum absolute atomic E-state index is 13.4. The molecule has 0 aromatic carbocycles. The van der Waals surface area contributed by atoms with Crippen molar-refractivity contribution in [2.75, 3.05) is 31.1 Å². The van der Waals surface area contributed by atoms with Crippen LogP contribution in [0.1, 0.15) is 18.9 Å². The fourth-order valence-electron chi connectivity index (χ4n) is 3.19. The molecule has 1 fully saturated rings. The molecular formula is C19H20FN7O. The Labute approximate surface area is 161 Å². The maximum Gasteiger partial charge on any atom is 0.294 e. The predicted molar refractivity (Wildman–Crippen MR) is 104 cm³/mol. The molecule has 1 aliphatic heterocycles. The van der Waals surface area contributed by atoms with Crippen molar-refractivity contribution >= 4 is 17.0 Å². The summed E-state index contributed by atoms with van der Waals surface area (Å²) in [6.45, 7) is 5.36. The number of hydrogen-bond acceptors (Lipinski definition) is 6. The van der Waals surface area contributed by atoms with E-state index >= 15 is 0 Å². The van der Waals surface area contributed by atoms with Gasteiger partial charge in [0.25, 0.3) is 5.56 Å². The van der Waals surface area contributed by atoms with E-state index in [4.69, 9.17) is 0 Å². The molecule has 0 radical (unpaired) electrons. The zero-order chi connectivity index (χ0) is 19.5. The lowest BCUT2D eigenvalue weighted by molar-refractivity contribution is 0.575. The molecule has 0 spiro atoms. The number of hydrogen-bond donors (Lipinski definition) is 1. The summed E-state index contributed by atoms with van der Waals surface area (Å²) in [5.41, 5.74) is 1.18. The van der Waals surface area contributed by atoms with Crippen molar-refractivity contribution in [3.63, 3.8) is 0 Å². The highest BCUT2D eigenvalue weighted by Crippen LogP contribution is 2.19. The lowest BCUT2D eigenvalue weighted by atomic mass is 10.2. The largest absolute Gasteiger partial charge is 0.339 e. The van der Waals surface area contributed by atoms with Crippen LogP contribution < -0.4 is 15.8 Å². The third-order valence-corrected chi connectivity index (χ3v) is 4.53. The topological polar surface area (TPSA) is 80.9 Å². The first-order chi connectivity index (χ1) is 13.7. The molecule has 0 atom stereocenters. The molecule has 3 aromatic rings. The maximum atomic E-state index is 13.4. The van der Waals surface area contributed by atoms with Crippen LogP contribution in [-0.2, 0) is 6.54 Å². The molecule has 9 heteroatoms. The molecule has 4 rings (SSSR count). The molecule has 0 amide bonds. The first-order valence-corrected chi connectivity index (χ1v) is 9.21. The molecule has 0 aliphatic carbocycles. The quantitative estimate of drug-likeness (QED) is 0.534. The monoisotopic (exact) mass is 381 g/mol. The molecule has 1 aliphatic rings. The first-order valence-electron chi connectivity index (χ1n) is 9.21. The van der Waals surface area contributed by atoms with Gasteiger partial charge in [-0.15, -0.1) is 0 Å². The van der Waals surface area contributed by atoms with Gasteiger partial charge in [-0.1, -0.05) is 12.8 Å². The molecule has 0 saturated carbocycles. The second-order valence-corrected chi connectivity index (χ2v) is 6.45. The van der Waals surface area contributed by atoms with Gasteiger partial charge in [0.2, 0.25) is 11.9 Å². The van der Waals surface area contributed by atoms with E-state index in [0.717, 1.165) is 26.2 Å². The standard InChI is InChI=1S/C19H20FN7O/c1-2-3-8-26-17-15(24-19(26)25-9-6-21-7-10-25)12-23-27(18(17)28)13-14-4-5-22-16(20)11-14/h4-5,11-12,21H,2,6-7,9-10,13H2,1H3. The number of anilines is 1. The highest BCUT2D eigenvalue weighted by Gasteiger charge is 2.21. The van der Waals surface area contributed by atoms with Gasteiger partial charge in [0.1, 0.15) is 5.52 Å². The van der Waals surface area contributed by atoms with E-state index in [1.54, 1.807) is 16.8 Å². The molecule has 0 bridgehead atoms. The molecule has 0 unspecified atom stereocenters. The van der Waals surface area contributed by atoms with E-state index in [9.17, 15) is 9.18 Å². The minimum Gasteiger partial charge on any atom is -0.339 e. The summed E-state index contributed by atoms with van der Waals surface area (Å²) in [6, 6.07) is 6.00. The average molecular weight is 381 g/mol. The minimum absolute atomic E-state index is 0.142. The van der Waals surface area contributed by atoms with Gasteiger partial charge in [0.15, 0.2) is 5.52 Å². The number of aromatic nitrogens is 5. The molecule has 4 heterocycles. The van der Waals surface area contributed by atoms with Crippen LogP contribution in [0.15, 0.2) is 29.3 Å². The Morgan fingerprint density at radius 2 is 2.14 bits per heavy atom. The van der Waals surface area contributed by atoms with Crippen LogP contribution in [0, 0.1) is 17.9 Å². The van der Waals surface area contributed by atoms with Crippen molar-refractivity contribution in [2.24, 2.45) is 0 Å². The van der Waals surface area contributed by atoms with Gasteiger partial charge in [-0.05, 0) is 17.7 Å². The summed E-state index contributed by atoms with van der Waals surface area (Å²) in [7, 11) is 0. The zero-order valence-corrected chi connectivity index (χ0v) is 15.5. The second-order valence-electron chi connectivity index (χ2n) is 6.45. The van der Waals surface area contributed by atoms with Gasteiger partial charge in [0.05, 0.1) is 12.7 Å². The van der Waals surface area contributed by atoms with Gasteiger partial charge in [-0.25, -0.2) is 19.2 Å². The van der Waals surface area contributed by atoms with Crippen LogP contribution >= 0.6 is 0 Å². The number of nitrogens with zero attached hydrogens (tertiary/aromatic N) is 6. The normalized spacial score (nSPS) is 14.1. The lowest BCUT2D eigenvalue weighted by Crippen LogP contribution is -2.44. The first kappa shape index (κ1) is 18.1. The van der Waals surface area contributed by atoms with Crippen LogP contribution in [0.3, 0.4) is 0 Å². The van der Waals surface area contributed by atoms with Gasteiger partial charge < -0.3 is 10.2 Å². The van der Waals surface area contributed by atoms with Gasteiger partial charge >= 0.3 is 0 Å². The van der Waals surface area contributed by atoms with Crippen molar-refractivity contribution in [2.45, 2.75) is 19.9 Å². The highest BCUT2D eigenvalue weighted by molar-refractivity contribution is 5.78. The van der Waals surface area contributed by atoms with Crippen molar-refractivity contribution in [3.8, 4) is 12.0 Å². The lowest BCUT2D eigenvalue weighted by Gasteiger charge is -2.27. The Kier molecular flexibility index (Phi) is 5.04. The Morgan fingerprint density at radius 3 is 2.89 bits per heavy atom. The highest BCUT2D eigenvalue weighted by atomic mass is 19.1. The molecule has 144 valence electrons. The third-order valence-electron chi connectivity index (χ3n) is 4.53. The number of halogens is 1. The van der Waals surface area contributed by atoms with E-state index in [2.05, 4.69) is 37.2 Å². The fourth-order valence-corrected chi connectivity index (χ4v) is 3.19. The number of nitrogens with one attached hydrogen (secondary N) is 1. The fraction of sp³-hybridized carbons (Fsp3) is 0.368.